The molecule has 0 saturated carbocycles. The van der Waals surface area contributed by atoms with E-state index in [2.05, 4.69) is 4.98 Å². The van der Waals surface area contributed by atoms with E-state index in [0.29, 0.717) is 6.54 Å². The van der Waals surface area contributed by atoms with Gasteiger partial charge in [0.15, 0.2) is 0 Å². The van der Waals surface area contributed by atoms with Gasteiger partial charge in [0.05, 0.1) is 0 Å². The van der Waals surface area contributed by atoms with Gasteiger partial charge in [0.1, 0.15) is 0 Å². The van der Waals surface area contributed by atoms with E-state index in [1.54, 1.807) is 16.8 Å². The third kappa shape index (κ3) is 2.04. The molecule has 0 fully saturated rings. The Hall–Kier alpha value is -1.38. The van der Waals surface area contributed by atoms with Crippen LogP contribution in [0.4, 0.5) is 0 Å². The van der Waals surface area contributed by atoms with Crippen LogP contribution in [0, 0.1) is 0 Å². The van der Waals surface area contributed by atoms with E-state index in [1.807, 2.05) is 19.1 Å². The average molecular weight is 150 g/mol. The highest BCUT2D eigenvalue weighted by molar-refractivity contribution is 4.85. The molecule has 3 heteroatoms. The third-order valence-electron chi connectivity index (χ3n) is 1.32. The van der Waals surface area contributed by atoms with Crippen LogP contribution in [0.3, 0.4) is 0 Å². The van der Waals surface area contributed by atoms with Gasteiger partial charge in [-0.1, -0.05) is 12.2 Å². The molecule has 0 aliphatic heterocycles. The van der Waals surface area contributed by atoms with E-state index in [-0.39, 0.29) is 5.69 Å². The molecule has 11 heavy (non-hydrogen) atoms. The minimum Gasteiger partial charge on any atom is -0.295 e. The van der Waals surface area contributed by atoms with Crippen molar-refractivity contribution in [3.8, 4) is 0 Å². The first-order chi connectivity index (χ1) is 5.34. The summed E-state index contributed by atoms with van der Waals surface area (Å²) in [6.07, 6.45) is 7.02. The Morgan fingerprint density at radius 3 is 3.18 bits per heavy atom. The van der Waals surface area contributed by atoms with Crippen LogP contribution in [-0.4, -0.2) is 9.55 Å². The molecule has 1 rings (SSSR count). The van der Waals surface area contributed by atoms with Crippen molar-refractivity contribution in [1.29, 1.82) is 0 Å². The predicted molar refractivity (Wildman–Crippen MR) is 43.3 cm³/mol. The van der Waals surface area contributed by atoms with Crippen LogP contribution in [0.25, 0.3) is 0 Å². The van der Waals surface area contributed by atoms with Gasteiger partial charge in [0.2, 0.25) is 0 Å². The predicted octanol–water partition coefficient (Wildman–Crippen LogP) is 0.819. The molecular formula is C8H10N2O. The number of allylic oxidation sites excluding steroid dienone is 2. The lowest BCUT2D eigenvalue weighted by molar-refractivity contribution is 0.742. The zero-order valence-corrected chi connectivity index (χ0v) is 6.40. The molecule has 58 valence electrons. The van der Waals surface area contributed by atoms with Crippen molar-refractivity contribution in [2.45, 2.75) is 13.5 Å². The Kier molecular flexibility index (Phi) is 2.60. The topological polar surface area (TPSA) is 34.9 Å². The molecule has 0 aliphatic carbocycles. The smallest absolute Gasteiger partial charge is 0.295 e. The minimum absolute atomic E-state index is 0.203. The fourth-order valence-electron chi connectivity index (χ4n) is 0.745. The van der Waals surface area contributed by atoms with Crippen LogP contribution in [0.1, 0.15) is 6.92 Å². The zero-order chi connectivity index (χ0) is 8.10. The molecule has 0 atom stereocenters. The molecule has 0 spiro atoms. The molecule has 0 saturated heterocycles. The molecule has 0 aromatic carbocycles. The molecule has 0 radical (unpaired) electrons. The number of aromatic nitrogens is 2. The molecule has 0 N–H and O–H groups in total. The van der Waals surface area contributed by atoms with E-state index in [1.165, 1.54) is 6.20 Å². The van der Waals surface area contributed by atoms with Gasteiger partial charge < -0.3 is 0 Å². The molecule has 1 heterocycles. The van der Waals surface area contributed by atoms with Crippen molar-refractivity contribution in [3.05, 3.63) is 41.1 Å². The molecule has 0 aliphatic rings. The summed E-state index contributed by atoms with van der Waals surface area (Å²) in [4.78, 5) is 14.5. The highest BCUT2D eigenvalue weighted by Gasteiger charge is 1.88. The summed E-state index contributed by atoms with van der Waals surface area (Å²) in [7, 11) is 0. The average Bonchev–Trinajstić information content (AvgIpc) is 2.03. The molecule has 3 nitrogen and oxygen atoms in total. The number of hydrogen-bond donors (Lipinski definition) is 0. The van der Waals surface area contributed by atoms with Gasteiger partial charge in [-0.05, 0) is 13.0 Å². The number of hydrogen-bond acceptors (Lipinski definition) is 2. The first-order valence-corrected chi connectivity index (χ1v) is 3.47. The maximum absolute atomic E-state index is 10.9. The van der Waals surface area contributed by atoms with Crippen molar-refractivity contribution in [3.63, 3.8) is 0 Å². The fourth-order valence-corrected chi connectivity index (χ4v) is 0.745. The van der Waals surface area contributed by atoms with E-state index >= 15 is 0 Å². The summed E-state index contributed by atoms with van der Waals surface area (Å²) < 4.78 is 1.54. The molecular weight excluding hydrogens is 140 g/mol. The Morgan fingerprint density at radius 2 is 2.55 bits per heavy atom. The lowest BCUT2D eigenvalue weighted by Gasteiger charge is -1.96. The number of rotatable bonds is 2. The molecule has 1 aromatic rings. The van der Waals surface area contributed by atoms with Crippen molar-refractivity contribution >= 4 is 0 Å². The second kappa shape index (κ2) is 3.71. The summed E-state index contributed by atoms with van der Waals surface area (Å²) in [6, 6.07) is 1.74. The van der Waals surface area contributed by atoms with E-state index in [0.717, 1.165) is 0 Å². The summed E-state index contributed by atoms with van der Waals surface area (Å²) in [5, 5.41) is 0. The van der Waals surface area contributed by atoms with Crippen molar-refractivity contribution < 1.29 is 0 Å². The molecule has 0 amide bonds. The van der Waals surface area contributed by atoms with Crippen molar-refractivity contribution in [2.75, 3.05) is 0 Å². The summed E-state index contributed by atoms with van der Waals surface area (Å²) in [5.74, 6) is 0. The SMILES string of the molecule is C/C=C/Cn1cccnc1=O. The Morgan fingerprint density at radius 1 is 1.73 bits per heavy atom. The van der Waals surface area contributed by atoms with Crippen LogP contribution in [-0.2, 0) is 6.54 Å². The minimum atomic E-state index is -0.203. The zero-order valence-electron chi connectivity index (χ0n) is 6.40. The maximum Gasteiger partial charge on any atom is 0.347 e. The standard InChI is InChI=1S/C8H10N2O/c1-2-3-6-10-7-4-5-9-8(10)11/h2-5,7H,6H2,1H3/b3-2+. The molecule has 0 unspecified atom stereocenters. The maximum atomic E-state index is 10.9. The van der Waals surface area contributed by atoms with Crippen LogP contribution >= 0.6 is 0 Å². The summed E-state index contributed by atoms with van der Waals surface area (Å²) in [5.41, 5.74) is -0.203. The van der Waals surface area contributed by atoms with Gasteiger partial charge in [-0.3, -0.25) is 4.57 Å². The van der Waals surface area contributed by atoms with Crippen LogP contribution in [0.5, 0.6) is 0 Å². The van der Waals surface area contributed by atoms with E-state index in [4.69, 9.17) is 0 Å². The first-order valence-electron chi connectivity index (χ1n) is 3.47. The van der Waals surface area contributed by atoms with Crippen LogP contribution in [0.15, 0.2) is 35.4 Å². The van der Waals surface area contributed by atoms with Gasteiger partial charge in [-0.25, -0.2) is 9.78 Å². The third-order valence-corrected chi connectivity index (χ3v) is 1.32. The lowest BCUT2D eigenvalue weighted by atomic mass is 10.5. The lowest BCUT2D eigenvalue weighted by Crippen LogP contribution is -2.20. The van der Waals surface area contributed by atoms with Crippen molar-refractivity contribution in [1.82, 2.24) is 9.55 Å². The molecule has 1 aromatic heterocycles. The van der Waals surface area contributed by atoms with Gasteiger partial charge in [0.25, 0.3) is 0 Å². The highest BCUT2D eigenvalue weighted by atomic mass is 16.1. The molecule has 0 bridgehead atoms. The van der Waals surface area contributed by atoms with Gasteiger partial charge >= 0.3 is 5.69 Å². The van der Waals surface area contributed by atoms with Crippen molar-refractivity contribution in [2.24, 2.45) is 0 Å². The second-order valence-electron chi connectivity index (χ2n) is 2.12. The van der Waals surface area contributed by atoms with E-state index in [9.17, 15) is 4.79 Å². The van der Waals surface area contributed by atoms with Crippen LogP contribution in [0.2, 0.25) is 0 Å². The quantitative estimate of drug-likeness (QED) is 0.585. The largest absolute Gasteiger partial charge is 0.347 e. The van der Waals surface area contributed by atoms with Gasteiger partial charge in [-0.15, -0.1) is 0 Å². The van der Waals surface area contributed by atoms with Gasteiger partial charge in [0, 0.05) is 18.9 Å². The number of nitrogens with zero attached hydrogens (tertiary/aromatic N) is 2. The van der Waals surface area contributed by atoms with Crippen LogP contribution < -0.4 is 5.69 Å². The van der Waals surface area contributed by atoms with Gasteiger partial charge in [-0.2, -0.15) is 0 Å². The Balaban J connectivity index is 2.86. The second-order valence-corrected chi connectivity index (χ2v) is 2.12. The fraction of sp³-hybridized carbons (Fsp3) is 0.250. The monoisotopic (exact) mass is 150 g/mol. The normalized spacial score (nSPS) is 10.6. The Labute approximate surface area is 65.0 Å². The first kappa shape index (κ1) is 7.72. The van der Waals surface area contributed by atoms with E-state index < -0.39 is 0 Å². The Bertz CT molecular complexity index is 301. The highest BCUT2D eigenvalue weighted by Crippen LogP contribution is 1.80. The summed E-state index contributed by atoms with van der Waals surface area (Å²) >= 11 is 0. The summed E-state index contributed by atoms with van der Waals surface area (Å²) in [6.45, 7) is 2.52.